The summed E-state index contributed by atoms with van der Waals surface area (Å²) < 4.78 is 18.6. The number of anilines is 1. The van der Waals surface area contributed by atoms with E-state index in [4.69, 9.17) is 10.5 Å². The molecule has 0 radical (unpaired) electrons. The van der Waals surface area contributed by atoms with E-state index in [9.17, 15) is 9.18 Å². The Bertz CT molecular complexity index is 865. The minimum Gasteiger partial charge on any atom is -0.438 e. The van der Waals surface area contributed by atoms with Crippen molar-refractivity contribution in [2.24, 2.45) is 0 Å². The van der Waals surface area contributed by atoms with Crippen LogP contribution in [-0.2, 0) is 6.54 Å². The van der Waals surface area contributed by atoms with E-state index >= 15 is 0 Å². The first-order chi connectivity index (χ1) is 12.1. The van der Waals surface area contributed by atoms with Gasteiger partial charge in [-0.2, -0.15) is 0 Å². The van der Waals surface area contributed by atoms with Crippen molar-refractivity contribution < 1.29 is 13.9 Å². The van der Waals surface area contributed by atoms with Crippen LogP contribution in [-0.4, -0.2) is 10.9 Å². The third-order valence-electron chi connectivity index (χ3n) is 3.48. The number of hydrogen-bond donors (Lipinski definition) is 2. The third kappa shape index (κ3) is 4.32. The van der Waals surface area contributed by atoms with E-state index < -0.39 is 0 Å². The molecule has 3 aromatic rings. The van der Waals surface area contributed by atoms with Crippen molar-refractivity contribution in [2.45, 2.75) is 6.54 Å². The molecule has 5 nitrogen and oxygen atoms in total. The molecular formula is C19H16FN3O2. The Hall–Kier alpha value is -3.41. The van der Waals surface area contributed by atoms with Crippen molar-refractivity contribution in [1.29, 1.82) is 0 Å². The van der Waals surface area contributed by atoms with E-state index in [1.165, 1.54) is 30.5 Å². The molecule has 3 N–H and O–H groups in total. The molecule has 3 rings (SSSR count). The van der Waals surface area contributed by atoms with Crippen LogP contribution in [0.4, 0.5) is 10.1 Å². The molecule has 1 amide bonds. The summed E-state index contributed by atoms with van der Waals surface area (Å²) in [5.74, 6) is -0.131. The van der Waals surface area contributed by atoms with Gasteiger partial charge in [-0.25, -0.2) is 9.37 Å². The van der Waals surface area contributed by atoms with E-state index in [2.05, 4.69) is 10.3 Å². The van der Waals surface area contributed by atoms with Crippen LogP contribution in [0.15, 0.2) is 66.9 Å². The van der Waals surface area contributed by atoms with Crippen LogP contribution < -0.4 is 15.8 Å². The Morgan fingerprint density at radius 3 is 2.52 bits per heavy atom. The van der Waals surface area contributed by atoms with Gasteiger partial charge in [0.15, 0.2) is 0 Å². The number of nitrogens with one attached hydrogen (secondary N) is 1. The lowest BCUT2D eigenvalue weighted by Crippen LogP contribution is -2.23. The Morgan fingerprint density at radius 2 is 1.80 bits per heavy atom. The first-order valence-corrected chi connectivity index (χ1v) is 7.63. The van der Waals surface area contributed by atoms with Crippen LogP contribution >= 0.6 is 0 Å². The lowest BCUT2D eigenvalue weighted by Gasteiger charge is -2.10. The number of carbonyl (C=O) groups is 1. The molecule has 25 heavy (non-hydrogen) atoms. The molecule has 1 aromatic heterocycles. The van der Waals surface area contributed by atoms with E-state index in [0.717, 1.165) is 5.56 Å². The SMILES string of the molecule is Nc1ccc(CNC(=O)c2cccnc2Oc2ccc(F)cc2)cc1. The van der Waals surface area contributed by atoms with Gasteiger partial charge in [-0.1, -0.05) is 12.1 Å². The van der Waals surface area contributed by atoms with Gasteiger partial charge < -0.3 is 15.8 Å². The minimum absolute atomic E-state index is 0.156. The average molecular weight is 337 g/mol. The Labute approximate surface area is 144 Å². The van der Waals surface area contributed by atoms with Gasteiger partial charge in [0.05, 0.1) is 0 Å². The maximum Gasteiger partial charge on any atom is 0.257 e. The zero-order chi connectivity index (χ0) is 17.6. The number of ether oxygens (including phenoxy) is 1. The number of nitrogens with zero attached hydrogens (tertiary/aromatic N) is 1. The highest BCUT2D eigenvalue weighted by molar-refractivity contribution is 5.96. The largest absolute Gasteiger partial charge is 0.438 e. The summed E-state index contributed by atoms with van der Waals surface area (Å²) in [6, 6.07) is 16.0. The second kappa shape index (κ2) is 7.44. The lowest BCUT2D eigenvalue weighted by atomic mass is 10.2. The van der Waals surface area contributed by atoms with Crippen molar-refractivity contribution in [2.75, 3.05) is 5.73 Å². The lowest BCUT2D eigenvalue weighted by molar-refractivity contribution is 0.0948. The number of nitrogen functional groups attached to an aromatic ring is 1. The van der Waals surface area contributed by atoms with Crippen LogP contribution in [0, 0.1) is 5.82 Å². The van der Waals surface area contributed by atoms with Crippen molar-refractivity contribution in [1.82, 2.24) is 10.3 Å². The maximum atomic E-state index is 13.0. The summed E-state index contributed by atoms with van der Waals surface area (Å²) >= 11 is 0. The maximum absolute atomic E-state index is 13.0. The smallest absolute Gasteiger partial charge is 0.257 e. The van der Waals surface area contributed by atoms with Gasteiger partial charge in [0.25, 0.3) is 5.91 Å². The number of pyridine rings is 1. The number of carbonyl (C=O) groups excluding carboxylic acids is 1. The molecule has 0 saturated heterocycles. The standard InChI is InChI=1S/C19H16FN3O2/c20-14-5-9-16(10-6-14)25-19-17(2-1-11-22-19)18(24)23-12-13-3-7-15(21)8-4-13/h1-11H,12,21H2,(H,23,24). The molecule has 0 aliphatic heterocycles. The molecule has 1 heterocycles. The second-order valence-corrected chi connectivity index (χ2v) is 5.34. The van der Waals surface area contributed by atoms with Crippen molar-refractivity contribution in [3.8, 4) is 11.6 Å². The average Bonchev–Trinajstić information content (AvgIpc) is 2.63. The number of benzene rings is 2. The Balaban J connectivity index is 1.71. The first kappa shape index (κ1) is 16.4. The zero-order valence-electron chi connectivity index (χ0n) is 13.3. The summed E-state index contributed by atoms with van der Waals surface area (Å²) in [5.41, 5.74) is 7.52. The molecule has 0 atom stereocenters. The molecule has 0 bridgehead atoms. The minimum atomic E-state index is -0.366. The van der Waals surface area contributed by atoms with Gasteiger partial charge in [-0.15, -0.1) is 0 Å². The number of rotatable bonds is 5. The van der Waals surface area contributed by atoms with Crippen LogP contribution in [0.1, 0.15) is 15.9 Å². The highest BCUT2D eigenvalue weighted by Crippen LogP contribution is 2.23. The van der Waals surface area contributed by atoms with E-state index in [1.54, 1.807) is 24.3 Å². The van der Waals surface area contributed by atoms with Gasteiger partial charge >= 0.3 is 0 Å². The number of amides is 1. The predicted molar refractivity (Wildman–Crippen MR) is 92.7 cm³/mol. The molecule has 0 fully saturated rings. The summed E-state index contributed by atoms with van der Waals surface area (Å²) in [6.45, 7) is 0.351. The van der Waals surface area contributed by atoms with Crippen molar-refractivity contribution in [3.63, 3.8) is 0 Å². The van der Waals surface area contributed by atoms with Crippen LogP contribution in [0.3, 0.4) is 0 Å². The Kier molecular flexibility index (Phi) is 4.89. The fourth-order valence-corrected chi connectivity index (χ4v) is 2.17. The molecule has 0 aliphatic carbocycles. The molecule has 6 heteroatoms. The van der Waals surface area contributed by atoms with Crippen molar-refractivity contribution >= 4 is 11.6 Å². The quantitative estimate of drug-likeness (QED) is 0.698. The van der Waals surface area contributed by atoms with E-state index in [1.807, 2.05) is 12.1 Å². The van der Waals surface area contributed by atoms with Crippen LogP contribution in [0.5, 0.6) is 11.6 Å². The van der Waals surface area contributed by atoms with E-state index in [-0.39, 0.29) is 17.6 Å². The van der Waals surface area contributed by atoms with Crippen LogP contribution in [0.25, 0.3) is 0 Å². The van der Waals surface area contributed by atoms with Gasteiger partial charge in [-0.05, 0) is 54.1 Å². The normalized spacial score (nSPS) is 10.3. The fraction of sp³-hybridized carbons (Fsp3) is 0.0526. The monoisotopic (exact) mass is 337 g/mol. The third-order valence-corrected chi connectivity index (χ3v) is 3.48. The second-order valence-electron chi connectivity index (χ2n) is 5.34. The molecule has 0 saturated carbocycles. The molecule has 126 valence electrons. The van der Waals surface area contributed by atoms with Crippen LogP contribution in [0.2, 0.25) is 0 Å². The molecule has 2 aromatic carbocycles. The number of halogens is 1. The number of nitrogens with two attached hydrogens (primary N) is 1. The van der Waals surface area contributed by atoms with E-state index in [0.29, 0.717) is 23.5 Å². The topological polar surface area (TPSA) is 77.2 Å². The summed E-state index contributed by atoms with van der Waals surface area (Å²) in [6.07, 6.45) is 1.52. The van der Waals surface area contributed by atoms with Gasteiger partial charge in [0, 0.05) is 18.4 Å². The molecule has 0 aliphatic rings. The van der Waals surface area contributed by atoms with Crippen molar-refractivity contribution in [3.05, 3.63) is 83.8 Å². The molecular weight excluding hydrogens is 321 g/mol. The Morgan fingerprint density at radius 1 is 1.08 bits per heavy atom. The highest BCUT2D eigenvalue weighted by Gasteiger charge is 2.14. The number of hydrogen-bond acceptors (Lipinski definition) is 4. The van der Waals surface area contributed by atoms with Gasteiger partial charge in [0.2, 0.25) is 5.88 Å². The summed E-state index contributed by atoms with van der Waals surface area (Å²) in [5, 5.41) is 2.81. The summed E-state index contributed by atoms with van der Waals surface area (Å²) in [4.78, 5) is 16.5. The fourth-order valence-electron chi connectivity index (χ4n) is 2.17. The molecule has 0 spiro atoms. The highest BCUT2D eigenvalue weighted by atomic mass is 19.1. The van der Waals surface area contributed by atoms with Gasteiger partial charge in [-0.3, -0.25) is 4.79 Å². The summed E-state index contributed by atoms with van der Waals surface area (Å²) in [7, 11) is 0. The molecule has 0 unspecified atom stereocenters. The first-order valence-electron chi connectivity index (χ1n) is 7.63. The van der Waals surface area contributed by atoms with Gasteiger partial charge in [0.1, 0.15) is 17.1 Å². The number of aromatic nitrogens is 1. The predicted octanol–water partition coefficient (Wildman–Crippen LogP) is 3.53. The zero-order valence-corrected chi connectivity index (χ0v) is 13.3.